The molecule has 170 valence electrons. The molecule has 1 heterocycles. The fourth-order valence-corrected chi connectivity index (χ4v) is 3.51. The van der Waals surface area contributed by atoms with Crippen molar-refractivity contribution < 1.29 is 19.1 Å². The van der Waals surface area contributed by atoms with Gasteiger partial charge in [0, 0.05) is 41.6 Å². The fourth-order valence-electron chi connectivity index (χ4n) is 3.51. The zero-order chi connectivity index (χ0) is 23.3. The Hall–Kier alpha value is -3.55. The minimum absolute atomic E-state index is 0.0458. The van der Waals surface area contributed by atoms with E-state index in [1.165, 1.54) is 0 Å². The SMILES string of the molecule is CC(C)(C)OC(=O)Nc1ccc(C(=O)Nc2ccc(N3CCC(C(N)=O)CC3)cc2)cc1. The highest BCUT2D eigenvalue weighted by molar-refractivity contribution is 6.04. The Labute approximate surface area is 188 Å². The zero-order valence-corrected chi connectivity index (χ0v) is 18.7. The van der Waals surface area contributed by atoms with Crippen LogP contribution in [0.15, 0.2) is 48.5 Å². The first-order valence-corrected chi connectivity index (χ1v) is 10.7. The molecule has 0 atom stereocenters. The van der Waals surface area contributed by atoms with Crippen molar-refractivity contribution in [3.63, 3.8) is 0 Å². The van der Waals surface area contributed by atoms with E-state index in [1.807, 2.05) is 24.3 Å². The number of ether oxygens (including phenoxy) is 1. The normalized spacial score (nSPS) is 14.5. The number of carbonyl (C=O) groups is 3. The van der Waals surface area contributed by atoms with E-state index in [4.69, 9.17) is 10.5 Å². The minimum atomic E-state index is -0.584. The molecule has 0 unspecified atom stereocenters. The van der Waals surface area contributed by atoms with E-state index >= 15 is 0 Å². The Morgan fingerprint density at radius 2 is 1.44 bits per heavy atom. The zero-order valence-electron chi connectivity index (χ0n) is 18.7. The lowest BCUT2D eigenvalue weighted by atomic mass is 9.96. The van der Waals surface area contributed by atoms with Gasteiger partial charge in [-0.2, -0.15) is 0 Å². The lowest BCUT2D eigenvalue weighted by Crippen LogP contribution is -2.38. The summed E-state index contributed by atoms with van der Waals surface area (Å²) in [5.41, 5.74) is 7.55. The van der Waals surface area contributed by atoms with Crippen molar-refractivity contribution in [2.45, 2.75) is 39.2 Å². The number of piperidine rings is 1. The molecule has 1 aliphatic rings. The molecule has 3 rings (SSSR count). The average molecular weight is 439 g/mol. The van der Waals surface area contributed by atoms with Crippen LogP contribution >= 0.6 is 0 Å². The predicted molar refractivity (Wildman–Crippen MR) is 125 cm³/mol. The number of amides is 3. The summed E-state index contributed by atoms with van der Waals surface area (Å²) >= 11 is 0. The van der Waals surface area contributed by atoms with Gasteiger partial charge >= 0.3 is 6.09 Å². The quantitative estimate of drug-likeness (QED) is 0.653. The largest absolute Gasteiger partial charge is 0.444 e. The van der Waals surface area contributed by atoms with Crippen molar-refractivity contribution in [2.24, 2.45) is 11.7 Å². The van der Waals surface area contributed by atoms with Crippen LogP contribution in [0.25, 0.3) is 0 Å². The van der Waals surface area contributed by atoms with Gasteiger partial charge in [-0.05, 0) is 82.1 Å². The van der Waals surface area contributed by atoms with Crippen LogP contribution < -0.4 is 21.3 Å². The van der Waals surface area contributed by atoms with Crippen molar-refractivity contribution in [1.82, 2.24) is 0 Å². The molecule has 0 spiro atoms. The maximum absolute atomic E-state index is 12.5. The molecule has 1 aliphatic heterocycles. The van der Waals surface area contributed by atoms with Gasteiger partial charge in [0.25, 0.3) is 5.91 Å². The highest BCUT2D eigenvalue weighted by Gasteiger charge is 2.23. The summed E-state index contributed by atoms with van der Waals surface area (Å²) in [6.45, 7) is 6.93. The van der Waals surface area contributed by atoms with Gasteiger partial charge in [0.2, 0.25) is 5.91 Å². The summed E-state index contributed by atoms with van der Waals surface area (Å²) in [5.74, 6) is -0.518. The number of benzene rings is 2. The number of nitrogens with zero attached hydrogens (tertiary/aromatic N) is 1. The second-order valence-electron chi connectivity index (χ2n) is 8.87. The highest BCUT2D eigenvalue weighted by Crippen LogP contribution is 2.25. The summed E-state index contributed by atoms with van der Waals surface area (Å²) in [6, 6.07) is 14.2. The summed E-state index contributed by atoms with van der Waals surface area (Å²) in [4.78, 5) is 37.9. The molecule has 8 heteroatoms. The van der Waals surface area contributed by atoms with Gasteiger partial charge in [-0.15, -0.1) is 0 Å². The van der Waals surface area contributed by atoms with E-state index in [2.05, 4.69) is 15.5 Å². The molecule has 0 radical (unpaired) electrons. The van der Waals surface area contributed by atoms with Crippen molar-refractivity contribution >= 4 is 35.0 Å². The fraction of sp³-hybridized carbons (Fsp3) is 0.375. The van der Waals surface area contributed by atoms with Crippen LogP contribution in [0.2, 0.25) is 0 Å². The third kappa shape index (κ3) is 6.47. The van der Waals surface area contributed by atoms with Crippen LogP contribution in [-0.2, 0) is 9.53 Å². The maximum atomic E-state index is 12.5. The predicted octanol–water partition coefficient (Wildman–Crippen LogP) is 3.99. The lowest BCUT2D eigenvalue weighted by Gasteiger charge is -2.32. The van der Waals surface area contributed by atoms with E-state index < -0.39 is 11.7 Å². The third-order valence-corrected chi connectivity index (χ3v) is 5.18. The van der Waals surface area contributed by atoms with Gasteiger partial charge in [-0.3, -0.25) is 14.9 Å². The van der Waals surface area contributed by atoms with Crippen molar-refractivity contribution in [3.05, 3.63) is 54.1 Å². The molecule has 8 nitrogen and oxygen atoms in total. The number of nitrogens with one attached hydrogen (secondary N) is 2. The van der Waals surface area contributed by atoms with Crippen molar-refractivity contribution in [3.8, 4) is 0 Å². The Kier molecular flexibility index (Phi) is 7.02. The Morgan fingerprint density at radius 1 is 0.906 bits per heavy atom. The molecule has 0 aromatic heterocycles. The van der Waals surface area contributed by atoms with Gasteiger partial charge in [0.1, 0.15) is 5.60 Å². The summed E-state index contributed by atoms with van der Waals surface area (Å²) in [7, 11) is 0. The second kappa shape index (κ2) is 9.72. The molecular formula is C24H30N4O4. The molecule has 1 saturated heterocycles. The topological polar surface area (TPSA) is 114 Å². The third-order valence-electron chi connectivity index (χ3n) is 5.18. The van der Waals surface area contributed by atoms with Crippen LogP contribution in [0.1, 0.15) is 44.0 Å². The molecule has 3 amide bonds. The summed E-state index contributed by atoms with van der Waals surface area (Å²) < 4.78 is 5.21. The molecule has 2 aromatic carbocycles. The molecule has 0 saturated carbocycles. The van der Waals surface area contributed by atoms with E-state index in [0.717, 1.165) is 31.6 Å². The monoisotopic (exact) mass is 438 g/mol. The molecule has 0 bridgehead atoms. The van der Waals surface area contributed by atoms with Crippen LogP contribution in [-0.4, -0.2) is 36.6 Å². The number of nitrogens with two attached hydrogens (primary N) is 1. The van der Waals surface area contributed by atoms with Crippen LogP contribution in [0.3, 0.4) is 0 Å². The Morgan fingerprint density at radius 3 is 1.97 bits per heavy atom. The number of hydrogen-bond acceptors (Lipinski definition) is 5. The van der Waals surface area contributed by atoms with E-state index in [0.29, 0.717) is 16.9 Å². The minimum Gasteiger partial charge on any atom is -0.444 e. The smallest absolute Gasteiger partial charge is 0.412 e. The van der Waals surface area contributed by atoms with Crippen LogP contribution in [0, 0.1) is 5.92 Å². The first-order chi connectivity index (χ1) is 15.1. The van der Waals surface area contributed by atoms with E-state index in [1.54, 1.807) is 45.0 Å². The number of carbonyl (C=O) groups excluding carboxylic acids is 3. The molecule has 0 aliphatic carbocycles. The highest BCUT2D eigenvalue weighted by atomic mass is 16.6. The van der Waals surface area contributed by atoms with Gasteiger partial charge in [-0.1, -0.05) is 0 Å². The Balaban J connectivity index is 1.53. The van der Waals surface area contributed by atoms with Gasteiger partial charge in [0.05, 0.1) is 0 Å². The van der Waals surface area contributed by atoms with Crippen LogP contribution in [0.5, 0.6) is 0 Å². The first-order valence-electron chi connectivity index (χ1n) is 10.7. The van der Waals surface area contributed by atoms with E-state index in [-0.39, 0.29) is 17.7 Å². The standard InChI is InChI=1S/C24H30N4O4/c1-24(2,3)32-23(31)27-19-6-4-17(5-7-19)22(30)26-18-8-10-20(11-9-18)28-14-12-16(13-15-28)21(25)29/h4-11,16H,12-15H2,1-3H3,(H2,25,29)(H,26,30)(H,27,31). The van der Waals surface area contributed by atoms with Gasteiger partial charge in [0.15, 0.2) is 0 Å². The average Bonchev–Trinajstić information content (AvgIpc) is 2.73. The molecule has 32 heavy (non-hydrogen) atoms. The van der Waals surface area contributed by atoms with E-state index in [9.17, 15) is 14.4 Å². The second-order valence-corrected chi connectivity index (χ2v) is 8.87. The van der Waals surface area contributed by atoms with Gasteiger partial charge in [-0.25, -0.2) is 4.79 Å². The number of rotatable bonds is 5. The maximum Gasteiger partial charge on any atom is 0.412 e. The van der Waals surface area contributed by atoms with Crippen molar-refractivity contribution in [2.75, 3.05) is 28.6 Å². The first kappa shape index (κ1) is 23.1. The van der Waals surface area contributed by atoms with Gasteiger partial charge < -0.3 is 20.7 Å². The molecule has 1 fully saturated rings. The van der Waals surface area contributed by atoms with Crippen LogP contribution in [0.4, 0.5) is 21.9 Å². The number of anilines is 3. The lowest BCUT2D eigenvalue weighted by molar-refractivity contribution is -0.122. The number of primary amides is 1. The molecule has 4 N–H and O–H groups in total. The van der Waals surface area contributed by atoms with Crippen molar-refractivity contribution in [1.29, 1.82) is 0 Å². The summed E-state index contributed by atoms with van der Waals surface area (Å²) in [6.07, 6.45) is 0.966. The Bertz CT molecular complexity index is 957. The number of hydrogen-bond donors (Lipinski definition) is 3. The molecular weight excluding hydrogens is 408 g/mol. The molecule has 2 aromatic rings. The summed E-state index contributed by atoms with van der Waals surface area (Å²) in [5, 5.41) is 5.51.